The highest BCUT2D eigenvalue weighted by molar-refractivity contribution is 5.99. The molecule has 1 amide bonds. The molecule has 0 spiro atoms. The summed E-state index contributed by atoms with van der Waals surface area (Å²) in [5.74, 6) is -2.18. The number of amides is 1. The fourth-order valence-corrected chi connectivity index (χ4v) is 3.85. The summed E-state index contributed by atoms with van der Waals surface area (Å²) in [5.41, 5.74) is -4.78. The molecule has 1 aromatic rings. The van der Waals surface area contributed by atoms with Gasteiger partial charge < -0.3 is 19.5 Å². The number of nitro groups is 1. The summed E-state index contributed by atoms with van der Waals surface area (Å²) < 4.78 is 79.5. The van der Waals surface area contributed by atoms with Crippen molar-refractivity contribution in [2.75, 3.05) is 6.61 Å². The van der Waals surface area contributed by atoms with E-state index >= 15 is 0 Å². The summed E-state index contributed by atoms with van der Waals surface area (Å²) in [6, 6.07) is 1.38. The Hall–Kier alpha value is -2.70. The predicted octanol–water partition coefficient (Wildman–Crippen LogP) is 3.29. The Balaban J connectivity index is 1.58. The minimum atomic E-state index is -4.55. The van der Waals surface area contributed by atoms with Crippen LogP contribution in [-0.2, 0) is 4.74 Å². The van der Waals surface area contributed by atoms with Crippen molar-refractivity contribution in [1.82, 2.24) is 5.32 Å². The van der Waals surface area contributed by atoms with Gasteiger partial charge in [-0.15, -0.1) is 8.78 Å². The minimum absolute atomic E-state index is 0.0470. The zero-order valence-corrected chi connectivity index (χ0v) is 14.5. The number of benzene rings is 1. The third kappa shape index (κ3) is 3.12. The summed E-state index contributed by atoms with van der Waals surface area (Å²) in [5, 5.41) is 13.8. The van der Waals surface area contributed by atoms with Crippen molar-refractivity contribution in [2.24, 2.45) is 0 Å². The molecule has 158 valence electrons. The molecule has 3 heterocycles. The lowest BCUT2D eigenvalue weighted by Crippen LogP contribution is -2.66. The SMILES string of the molecule is O=C(NC12CCC(C(F)(F)F)(CC1)OC2)c1cc2c(cc1[N+](=O)[O-])OC(F)(F)O2. The van der Waals surface area contributed by atoms with E-state index < -0.39 is 63.8 Å². The number of nitro benzene ring substituents is 1. The molecule has 3 aliphatic heterocycles. The molecule has 3 fully saturated rings. The van der Waals surface area contributed by atoms with Gasteiger partial charge in [0.15, 0.2) is 17.1 Å². The van der Waals surface area contributed by atoms with E-state index in [2.05, 4.69) is 14.8 Å². The highest BCUT2D eigenvalue weighted by atomic mass is 19.4. The molecule has 0 atom stereocenters. The molecule has 29 heavy (non-hydrogen) atoms. The number of halogens is 5. The van der Waals surface area contributed by atoms with Crippen LogP contribution in [0.2, 0.25) is 0 Å². The maximum absolute atomic E-state index is 13.2. The van der Waals surface area contributed by atoms with E-state index in [4.69, 9.17) is 4.74 Å². The van der Waals surface area contributed by atoms with Crippen molar-refractivity contribution in [1.29, 1.82) is 0 Å². The summed E-state index contributed by atoms with van der Waals surface area (Å²) in [4.78, 5) is 23.0. The van der Waals surface area contributed by atoms with Gasteiger partial charge in [0.1, 0.15) is 5.56 Å². The molecule has 1 saturated carbocycles. The molecule has 0 unspecified atom stereocenters. The van der Waals surface area contributed by atoms with Gasteiger partial charge in [0.2, 0.25) is 0 Å². The van der Waals surface area contributed by atoms with Gasteiger partial charge in [-0.2, -0.15) is 13.2 Å². The van der Waals surface area contributed by atoms with Gasteiger partial charge in [-0.25, -0.2) is 0 Å². The normalized spacial score (nSPS) is 29.6. The molecule has 1 N–H and O–H groups in total. The molecule has 8 nitrogen and oxygen atoms in total. The average Bonchev–Trinajstić information content (AvgIpc) is 2.93. The minimum Gasteiger partial charge on any atom is -0.395 e. The quantitative estimate of drug-likeness (QED) is 0.454. The third-order valence-corrected chi connectivity index (χ3v) is 5.50. The number of carbonyl (C=O) groups is 1. The summed E-state index contributed by atoms with van der Waals surface area (Å²) in [6.07, 6.45) is -9.42. The van der Waals surface area contributed by atoms with Crippen LogP contribution in [0.15, 0.2) is 12.1 Å². The lowest BCUT2D eigenvalue weighted by molar-refractivity contribution is -0.385. The van der Waals surface area contributed by atoms with Gasteiger partial charge in [-0.3, -0.25) is 14.9 Å². The average molecular weight is 424 g/mol. The molecule has 0 radical (unpaired) electrons. The van der Waals surface area contributed by atoms with E-state index in [9.17, 15) is 36.9 Å². The van der Waals surface area contributed by atoms with Crippen LogP contribution in [0.3, 0.4) is 0 Å². The van der Waals surface area contributed by atoms with Gasteiger partial charge in [0.05, 0.1) is 23.1 Å². The Morgan fingerprint density at radius 2 is 1.69 bits per heavy atom. The summed E-state index contributed by atoms with van der Waals surface area (Å²) in [7, 11) is 0. The van der Waals surface area contributed by atoms with E-state index in [1.165, 1.54) is 0 Å². The number of ether oxygens (including phenoxy) is 3. The Morgan fingerprint density at radius 1 is 1.10 bits per heavy atom. The van der Waals surface area contributed by atoms with Crippen LogP contribution in [-0.4, -0.2) is 41.0 Å². The van der Waals surface area contributed by atoms with Crippen LogP contribution in [0, 0.1) is 10.1 Å². The first-order valence-corrected chi connectivity index (χ1v) is 8.47. The summed E-state index contributed by atoms with van der Waals surface area (Å²) in [6.45, 7) is -0.422. The number of rotatable bonds is 3. The first-order chi connectivity index (χ1) is 13.4. The second-order valence-electron chi connectivity index (χ2n) is 7.26. The fraction of sp³-hybridized carbons (Fsp3) is 0.562. The van der Waals surface area contributed by atoms with Crippen molar-refractivity contribution >= 4 is 11.6 Å². The van der Waals surface area contributed by atoms with Crippen LogP contribution < -0.4 is 14.8 Å². The van der Waals surface area contributed by atoms with Crippen molar-refractivity contribution in [3.63, 3.8) is 0 Å². The largest absolute Gasteiger partial charge is 0.586 e. The zero-order valence-electron chi connectivity index (χ0n) is 14.5. The standard InChI is InChI=1S/C16H13F5N2O6/c17-15(18,19)14-3-1-13(2-4-14,7-27-14)22-12(24)8-5-10-11(6-9(8)23(25)26)29-16(20,21)28-10/h5-6H,1-4,7H2,(H,22,24). The predicted molar refractivity (Wildman–Crippen MR) is 82.7 cm³/mol. The van der Waals surface area contributed by atoms with Crippen LogP contribution in [0.5, 0.6) is 11.5 Å². The van der Waals surface area contributed by atoms with Gasteiger partial charge >= 0.3 is 12.5 Å². The molecule has 1 aromatic carbocycles. The number of alkyl halides is 5. The molecule has 5 rings (SSSR count). The highest BCUT2D eigenvalue weighted by Gasteiger charge is 2.63. The highest BCUT2D eigenvalue weighted by Crippen LogP contribution is 2.52. The number of carbonyl (C=O) groups excluding carboxylic acids is 1. The number of hydrogen-bond acceptors (Lipinski definition) is 6. The molecule has 0 aromatic heterocycles. The number of hydrogen-bond donors (Lipinski definition) is 1. The molecular formula is C16H13F5N2O6. The zero-order chi connectivity index (χ0) is 21.2. The van der Waals surface area contributed by atoms with Crippen LogP contribution >= 0.6 is 0 Å². The van der Waals surface area contributed by atoms with E-state index in [1.54, 1.807) is 0 Å². The van der Waals surface area contributed by atoms with Gasteiger partial charge in [0, 0.05) is 6.07 Å². The van der Waals surface area contributed by atoms with Crippen LogP contribution in [0.4, 0.5) is 27.6 Å². The summed E-state index contributed by atoms with van der Waals surface area (Å²) >= 11 is 0. The van der Waals surface area contributed by atoms with Crippen LogP contribution in [0.25, 0.3) is 0 Å². The van der Waals surface area contributed by atoms with E-state index in [1.807, 2.05) is 0 Å². The monoisotopic (exact) mass is 424 g/mol. The van der Waals surface area contributed by atoms with E-state index in [0.29, 0.717) is 6.07 Å². The number of nitrogens with one attached hydrogen (secondary N) is 1. The second-order valence-corrected chi connectivity index (χ2v) is 7.26. The van der Waals surface area contributed by atoms with Crippen molar-refractivity contribution in [3.8, 4) is 11.5 Å². The van der Waals surface area contributed by atoms with E-state index in [0.717, 1.165) is 6.07 Å². The Kier molecular flexibility index (Phi) is 3.99. The molecule has 2 saturated heterocycles. The third-order valence-electron chi connectivity index (χ3n) is 5.50. The lowest BCUT2D eigenvalue weighted by Gasteiger charge is -2.53. The molecular weight excluding hydrogens is 411 g/mol. The molecule has 4 aliphatic rings. The second kappa shape index (κ2) is 5.90. The van der Waals surface area contributed by atoms with Gasteiger partial charge in [0.25, 0.3) is 11.6 Å². The van der Waals surface area contributed by atoms with Gasteiger partial charge in [-0.1, -0.05) is 0 Å². The number of fused-ring (bicyclic) bond motifs is 4. The topological polar surface area (TPSA) is 99.9 Å². The molecule has 1 aliphatic carbocycles. The molecule has 13 heteroatoms. The Labute approximate surface area is 159 Å². The Bertz CT molecular complexity index is 878. The van der Waals surface area contributed by atoms with Crippen molar-refractivity contribution in [2.45, 2.75) is 49.3 Å². The van der Waals surface area contributed by atoms with Crippen LogP contribution in [0.1, 0.15) is 36.0 Å². The van der Waals surface area contributed by atoms with Crippen molar-refractivity contribution < 1.29 is 45.9 Å². The van der Waals surface area contributed by atoms with Gasteiger partial charge in [-0.05, 0) is 25.7 Å². The number of nitrogens with zero attached hydrogens (tertiary/aromatic N) is 1. The first kappa shape index (κ1) is 19.6. The maximum atomic E-state index is 13.2. The lowest BCUT2D eigenvalue weighted by atomic mass is 9.70. The first-order valence-electron chi connectivity index (χ1n) is 8.47. The fourth-order valence-electron chi connectivity index (χ4n) is 3.85. The Morgan fingerprint density at radius 3 is 2.17 bits per heavy atom. The maximum Gasteiger partial charge on any atom is 0.586 e. The van der Waals surface area contributed by atoms with E-state index in [-0.39, 0.29) is 25.7 Å². The molecule has 2 bridgehead atoms. The smallest absolute Gasteiger partial charge is 0.395 e. The van der Waals surface area contributed by atoms with Crippen molar-refractivity contribution in [3.05, 3.63) is 27.8 Å².